The molecular weight excluding hydrogens is 431 g/mol. The van der Waals surface area contributed by atoms with Gasteiger partial charge in [-0.2, -0.15) is 0 Å². The van der Waals surface area contributed by atoms with Gasteiger partial charge in [-0.15, -0.1) is 24.0 Å². The molecule has 0 atom stereocenters. The second-order valence-corrected chi connectivity index (χ2v) is 6.10. The third-order valence-electron chi connectivity index (χ3n) is 3.59. The van der Waals surface area contributed by atoms with Gasteiger partial charge in [-0.1, -0.05) is 18.2 Å². The quantitative estimate of drug-likeness (QED) is 0.316. The first-order valence-electron chi connectivity index (χ1n) is 8.37. The van der Waals surface area contributed by atoms with Crippen LogP contribution in [0.25, 0.3) is 0 Å². The molecule has 0 saturated heterocycles. The number of guanidine groups is 1. The van der Waals surface area contributed by atoms with Gasteiger partial charge in [0.1, 0.15) is 5.75 Å². The van der Waals surface area contributed by atoms with Crippen LogP contribution in [0.5, 0.6) is 5.75 Å². The largest absolute Gasteiger partial charge is 0.496 e. The number of methoxy groups -OCH3 is 1. The molecule has 0 bridgehead atoms. The third kappa shape index (κ3) is 7.94. The van der Waals surface area contributed by atoms with Crippen LogP contribution in [0.3, 0.4) is 0 Å². The van der Waals surface area contributed by atoms with E-state index < -0.39 is 5.41 Å². The molecule has 0 fully saturated rings. The van der Waals surface area contributed by atoms with Crippen LogP contribution < -0.4 is 20.7 Å². The second kappa shape index (κ2) is 11.9. The number of hydrogen-bond donors (Lipinski definition) is 3. The topological polar surface area (TPSA) is 74.8 Å². The van der Waals surface area contributed by atoms with Gasteiger partial charge >= 0.3 is 0 Å². The Kier molecular flexibility index (Phi) is 11.2. The first-order valence-corrected chi connectivity index (χ1v) is 8.37. The molecule has 7 heteroatoms. The number of nitrogens with one attached hydrogen (secondary N) is 3. The van der Waals surface area contributed by atoms with Crippen molar-refractivity contribution in [1.29, 1.82) is 0 Å². The first kappa shape index (κ1) is 23.5. The summed E-state index contributed by atoms with van der Waals surface area (Å²) >= 11 is 0. The molecule has 0 aliphatic carbocycles. The SMILES string of the molecule is CCNC(=O)C(C)(C)CNC(=NCc1ccccc1OC)NCC.I. The van der Waals surface area contributed by atoms with Crippen molar-refractivity contribution in [3.8, 4) is 5.75 Å². The van der Waals surface area contributed by atoms with Gasteiger partial charge in [-0.25, -0.2) is 4.99 Å². The van der Waals surface area contributed by atoms with Crippen molar-refractivity contribution >= 4 is 35.8 Å². The number of benzene rings is 1. The fraction of sp³-hybridized carbons (Fsp3) is 0.556. The van der Waals surface area contributed by atoms with Crippen LogP contribution in [-0.2, 0) is 11.3 Å². The van der Waals surface area contributed by atoms with E-state index in [1.165, 1.54) is 0 Å². The summed E-state index contributed by atoms with van der Waals surface area (Å²) in [6.45, 7) is 10.1. The molecule has 0 radical (unpaired) electrons. The predicted molar refractivity (Wildman–Crippen MR) is 114 cm³/mol. The number of rotatable bonds is 8. The van der Waals surface area contributed by atoms with Crippen LogP contribution in [0.4, 0.5) is 0 Å². The third-order valence-corrected chi connectivity index (χ3v) is 3.59. The van der Waals surface area contributed by atoms with E-state index in [4.69, 9.17) is 4.74 Å². The molecular formula is C18H31IN4O2. The van der Waals surface area contributed by atoms with Crippen LogP contribution >= 0.6 is 24.0 Å². The smallest absolute Gasteiger partial charge is 0.227 e. The summed E-state index contributed by atoms with van der Waals surface area (Å²) in [7, 11) is 1.65. The molecule has 0 heterocycles. The van der Waals surface area contributed by atoms with Crippen LogP contribution in [-0.4, -0.2) is 38.6 Å². The highest BCUT2D eigenvalue weighted by Gasteiger charge is 2.27. The lowest BCUT2D eigenvalue weighted by Gasteiger charge is -2.24. The summed E-state index contributed by atoms with van der Waals surface area (Å²) in [6.07, 6.45) is 0. The summed E-state index contributed by atoms with van der Waals surface area (Å²) in [4.78, 5) is 16.7. The molecule has 142 valence electrons. The van der Waals surface area contributed by atoms with Crippen LogP contribution in [0.15, 0.2) is 29.3 Å². The average Bonchev–Trinajstić information content (AvgIpc) is 2.57. The highest BCUT2D eigenvalue weighted by molar-refractivity contribution is 14.0. The Hall–Kier alpha value is -1.51. The lowest BCUT2D eigenvalue weighted by Crippen LogP contribution is -2.47. The Morgan fingerprint density at radius 1 is 1.12 bits per heavy atom. The van der Waals surface area contributed by atoms with E-state index in [0.717, 1.165) is 17.9 Å². The molecule has 0 aliphatic heterocycles. The highest BCUT2D eigenvalue weighted by Crippen LogP contribution is 2.18. The minimum Gasteiger partial charge on any atom is -0.496 e. The number of para-hydroxylation sites is 1. The lowest BCUT2D eigenvalue weighted by molar-refractivity contribution is -0.128. The summed E-state index contributed by atoms with van der Waals surface area (Å²) in [5, 5.41) is 9.30. The maximum Gasteiger partial charge on any atom is 0.227 e. The van der Waals surface area contributed by atoms with Gasteiger partial charge in [-0.05, 0) is 33.8 Å². The molecule has 1 aromatic rings. The molecule has 0 spiro atoms. The van der Waals surface area contributed by atoms with E-state index in [0.29, 0.717) is 25.6 Å². The zero-order chi connectivity index (χ0) is 18.0. The summed E-state index contributed by atoms with van der Waals surface area (Å²) in [5.74, 6) is 1.53. The van der Waals surface area contributed by atoms with E-state index in [9.17, 15) is 4.79 Å². The van der Waals surface area contributed by atoms with E-state index in [-0.39, 0.29) is 29.9 Å². The Labute approximate surface area is 168 Å². The van der Waals surface area contributed by atoms with Gasteiger partial charge in [0.2, 0.25) is 5.91 Å². The standard InChI is InChI=1S/C18H30N4O2.HI/c1-6-19-16(23)18(3,4)13-22-17(20-7-2)21-12-14-10-8-9-11-15(14)24-5;/h8-11H,6-7,12-13H2,1-5H3,(H,19,23)(H2,20,21,22);1H. The van der Waals surface area contributed by atoms with Gasteiger partial charge in [0.05, 0.1) is 19.1 Å². The molecule has 6 nitrogen and oxygen atoms in total. The minimum atomic E-state index is -0.517. The Balaban J connectivity index is 0.00000576. The Morgan fingerprint density at radius 3 is 2.36 bits per heavy atom. The monoisotopic (exact) mass is 462 g/mol. The van der Waals surface area contributed by atoms with Crippen molar-refractivity contribution in [3.05, 3.63) is 29.8 Å². The zero-order valence-corrected chi connectivity index (χ0v) is 18.1. The Bertz CT molecular complexity index is 562. The fourth-order valence-electron chi connectivity index (χ4n) is 2.12. The molecule has 1 rings (SSSR count). The molecule has 25 heavy (non-hydrogen) atoms. The molecule has 0 aliphatic rings. The summed E-state index contributed by atoms with van der Waals surface area (Å²) in [5.41, 5.74) is 0.497. The van der Waals surface area contributed by atoms with Crippen molar-refractivity contribution in [3.63, 3.8) is 0 Å². The number of aliphatic imine (C=N–C) groups is 1. The second-order valence-electron chi connectivity index (χ2n) is 6.10. The molecule has 3 N–H and O–H groups in total. The maximum absolute atomic E-state index is 12.1. The van der Waals surface area contributed by atoms with Crippen LogP contribution in [0.1, 0.15) is 33.3 Å². The molecule has 1 aromatic carbocycles. The average molecular weight is 462 g/mol. The normalized spacial score (nSPS) is 11.3. The number of nitrogens with zero attached hydrogens (tertiary/aromatic N) is 1. The van der Waals surface area contributed by atoms with Gasteiger partial charge in [0, 0.05) is 25.2 Å². The number of carbonyl (C=O) groups excluding carboxylic acids is 1. The number of amides is 1. The fourth-order valence-corrected chi connectivity index (χ4v) is 2.12. The van der Waals surface area contributed by atoms with Gasteiger partial charge in [-0.3, -0.25) is 4.79 Å². The first-order chi connectivity index (χ1) is 11.4. The van der Waals surface area contributed by atoms with Gasteiger partial charge < -0.3 is 20.7 Å². The number of hydrogen-bond acceptors (Lipinski definition) is 3. The van der Waals surface area contributed by atoms with Crippen molar-refractivity contribution in [1.82, 2.24) is 16.0 Å². The van der Waals surface area contributed by atoms with Crippen LogP contribution in [0, 0.1) is 5.41 Å². The maximum atomic E-state index is 12.1. The van der Waals surface area contributed by atoms with E-state index in [1.54, 1.807) is 7.11 Å². The summed E-state index contributed by atoms with van der Waals surface area (Å²) < 4.78 is 5.35. The molecule has 1 amide bonds. The minimum absolute atomic E-state index is 0. The van der Waals surface area contributed by atoms with E-state index >= 15 is 0 Å². The van der Waals surface area contributed by atoms with Crippen molar-refractivity contribution in [2.24, 2.45) is 10.4 Å². The molecule has 0 unspecified atom stereocenters. The van der Waals surface area contributed by atoms with Gasteiger partial charge in [0.25, 0.3) is 0 Å². The highest BCUT2D eigenvalue weighted by atomic mass is 127. The number of halogens is 1. The predicted octanol–water partition coefficient (Wildman–Crippen LogP) is 2.53. The lowest BCUT2D eigenvalue weighted by atomic mass is 9.92. The Morgan fingerprint density at radius 2 is 1.76 bits per heavy atom. The van der Waals surface area contributed by atoms with Crippen molar-refractivity contribution in [2.75, 3.05) is 26.7 Å². The van der Waals surface area contributed by atoms with Crippen molar-refractivity contribution in [2.45, 2.75) is 34.2 Å². The number of carbonyl (C=O) groups is 1. The van der Waals surface area contributed by atoms with Crippen LogP contribution in [0.2, 0.25) is 0 Å². The van der Waals surface area contributed by atoms with Gasteiger partial charge in [0.15, 0.2) is 5.96 Å². The zero-order valence-electron chi connectivity index (χ0n) is 15.8. The van der Waals surface area contributed by atoms with E-state index in [1.807, 2.05) is 52.0 Å². The summed E-state index contributed by atoms with van der Waals surface area (Å²) in [6, 6.07) is 7.81. The molecule has 0 saturated carbocycles. The van der Waals surface area contributed by atoms with Crippen molar-refractivity contribution < 1.29 is 9.53 Å². The number of ether oxygens (including phenoxy) is 1. The molecule has 0 aromatic heterocycles. The van der Waals surface area contributed by atoms with E-state index in [2.05, 4.69) is 20.9 Å².